The molecule has 1 spiro atoms. The van der Waals surface area contributed by atoms with Crippen LogP contribution in [0, 0.1) is 11.8 Å². The number of phenolic OH excluding ortho intramolecular Hbond substituents is 1. The van der Waals surface area contributed by atoms with E-state index in [1.165, 1.54) is 12.8 Å². The molecular weight excluding hydrogens is 460 g/mol. The molecule has 3 aliphatic carbocycles. The van der Waals surface area contributed by atoms with E-state index < -0.39 is 23.1 Å². The van der Waals surface area contributed by atoms with E-state index in [4.69, 9.17) is 4.74 Å². The molecule has 2 saturated heterocycles. The Morgan fingerprint density at radius 1 is 1.11 bits per heavy atom. The molecule has 8 heteroatoms. The second kappa shape index (κ2) is 7.71. The van der Waals surface area contributed by atoms with Crippen LogP contribution in [0.5, 0.6) is 11.5 Å². The van der Waals surface area contributed by atoms with Crippen molar-refractivity contribution in [3.63, 3.8) is 0 Å². The SMILES string of the molecule is O=C(O)C1CCN(C(=O)C=C2CC[C@@]3(O)[C@H]4Cc5ccc(O)c6c5[C@@]3(CCN4CC3CC3)[C@H]2O6)CC1. The molecule has 192 valence electrons. The number of aliphatic hydroxyl groups is 1. The van der Waals surface area contributed by atoms with Gasteiger partial charge in [0, 0.05) is 37.3 Å². The molecular formula is C28H34N2O6. The van der Waals surface area contributed by atoms with Crippen molar-refractivity contribution in [2.45, 2.75) is 74.5 Å². The third-order valence-electron chi connectivity index (χ3n) is 10.1. The highest BCUT2D eigenvalue weighted by molar-refractivity contribution is 5.89. The van der Waals surface area contributed by atoms with Crippen molar-refractivity contribution in [3.8, 4) is 11.5 Å². The number of aliphatic carboxylic acids is 1. The number of ether oxygens (including phenoxy) is 1. The largest absolute Gasteiger partial charge is 0.504 e. The summed E-state index contributed by atoms with van der Waals surface area (Å²) in [4.78, 5) is 28.8. The first kappa shape index (κ1) is 22.6. The van der Waals surface area contributed by atoms with Crippen LogP contribution in [0.2, 0.25) is 0 Å². The summed E-state index contributed by atoms with van der Waals surface area (Å²) in [5, 5.41) is 32.5. The highest BCUT2D eigenvalue weighted by Crippen LogP contribution is 2.66. The molecule has 36 heavy (non-hydrogen) atoms. The van der Waals surface area contributed by atoms with E-state index in [1.807, 2.05) is 6.07 Å². The van der Waals surface area contributed by atoms with Gasteiger partial charge in [-0.25, -0.2) is 0 Å². The highest BCUT2D eigenvalue weighted by Gasteiger charge is 2.72. The summed E-state index contributed by atoms with van der Waals surface area (Å²) in [7, 11) is 0. The topological polar surface area (TPSA) is 111 Å². The number of carboxylic acid groups (broad SMARTS) is 1. The number of carboxylic acids is 1. The fourth-order valence-corrected chi connectivity index (χ4v) is 8.08. The van der Waals surface area contributed by atoms with Crippen molar-refractivity contribution in [3.05, 3.63) is 34.9 Å². The first-order chi connectivity index (χ1) is 17.3. The third kappa shape index (κ3) is 3.00. The van der Waals surface area contributed by atoms with Crippen molar-refractivity contribution in [2.75, 3.05) is 26.2 Å². The van der Waals surface area contributed by atoms with Crippen LogP contribution >= 0.6 is 0 Å². The minimum absolute atomic E-state index is 0.00763. The molecule has 4 fully saturated rings. The number of piperidine rings is 2. The van der Waals surface area contributed by atoms with E-state index >= 15 is 0 Å². The number of amides is 1. The predicted molar refractivity (Wildman–Crippen MR) is 130 cm³/mol. The third-order valence-corrected chi connectivity index (χ3v) is 10.1. The van der Waals surface area contributed by atoms with Crippen LogP contribution in [0.15, 0.2) is 23.8 Å². The summed E-state index contributed by atoms with van der Waals surface area (Å²) in [6.45, 7) is 2.78. The number of nitrogens with zero attached hydrogens (tertiary/aromatic N) is 2. The van der Waals surface area contributed by atoms with Gasteiger partial charge in [-0.05, 0) is 81.0 Å². The van der Waals surface area contributed by atoms with E-state index in [0.29, 0.717) is 44.5 Å². The fourth-order valence-electron chi connectivity index (χ4n) is 8.08. The zero-order valence-electron chi connectivity index (χ0n) is 20.5. The Hall–Kier alpha value is -2.58. The Morgan fingerprint density at radius 2 is 1.89 bits per heavy atom. The molecule has 7 rings (SSSR count). The quantitative estimate of drug-likeness (QED) is 0.551. The highest BCUT2D eigenvalue weighted by atomic mass is 16.5. The molecule has 0 radical (unpaired) electrons. The molecule has 6 aliphatic rings. The standard InChI is InChI=1S/C28H34N2O6/c31-20-4-3-18-13-21-28(35)8-5-19(14-22(32)29-10-6-17(7-11-29)26(33)34)25-27(28,23(18)24(20)36-25)9-12-30(21)15-16-1-2-16/h3-4,14,16-17,21,25,31,35H,1-2,5-13,15H2,(H,33,34)/t21-,25+,27+,28-/m1/s1. The summed E-state index contributed by atoms with van der Waals surface area (Å²) in [6.07, 6.45) is 7.29. The molecule has 3 N–H and O–H groups in total. The van der Waals surface area contributed by atoms with Crippen molar-refractivity contribution in [1.82, 2.24) is 9.80 Å². The summed E-state index contributed by atoms with van der Waals surface area (Å²) < 4.78 is 6.51. The Bertz CT molecular complexity index is 1170. The number of hydrogen-bond acceptors (Lipinski definition) is 6. The molecule has 3 aliphatic heterocycles. The minimum Gasteiger partial charge on any atom is -0.504 e. The van der Waals surface area contributed by atoms with Gasteiger partial charge in [-0.3, -0.25) is 14.5 Å². The van der Waals surface area contributed by atoms with Crippen LogP contribution in [0.1, 0.15) is 56.1 Å². The van der Waals surface area contributed by atoms with E-state index in [-0.39, 0.29) is 23.6 Å². The smallest absolute Gasteiger partial charge is 0.306 e. The zero-order chi connectivity index (χ0) is 24.8. The molecule has 2 bridgehead atoms. The van der Waals surface area contributed by atoms with Gasteiger partial charge in [-0.15, -0.1) is 0 Å². The number of phenols is 1. The Balaban J connectivity index is 1.25. The molecule has 0 aromatic heterocycles. The Labute approximate surface area is 210 Å². The van der Waals surface area contributed by atoms with Gasteiger partial charge in [0.15, 0.2) is 11.5 Å². The van der Waals surface area contributed by atoms with Gasteiger partial charge >= 0.3 is 5.97 Å². The lowest BCUT2D eigenvalue weighted by atomic mass is 9.48. The maximum atomic E-state index is 13.3. The summed E-state index contributed by atoms with van der Waals surface area (Å²) >= 11 is 0. The number of carbonyl (C=O) groups is 2. The average Bonchev–Trinajstić information content (AvgIpc) is 3.61. The zero-order valence-corrected chi connectivity index (χ0v) is 20.5. The van der Waals surface area contributed by atoms with E-state index in [9.17, 15) is 24.9 Å². The lowest BCUT2D eigenvalue weighted by Crippen LogP contribution is -2.75. The second-order valence-electron chi connectivity index (χ2n) is 11.9. The van der Waals surface area contributed by atoms with Crippen molar-refractivity contribution in [1.29, 1.82) is 0 Å². The first-order valence-electron chi connectivity index (χ1n) is 13.5. The number of likely N-dealkylation sites (tertiary alicyclic amines) is 2. The number of benzene rings is 1. The number of hydrogen-bond donors (Lipinski definition) is 3. The molecule has 1 aromatic carbocycles. The summed E-state index contributed by atoms with van der Waals surface area (Å²) in [5.41, 5.74) is 1.33. The van der Waals surface area contributed by atoms with Crippen molar-refractivity contribution >= 4 is 11.9 Å². The Morgan fingerprint density at radius 3 is 2.61 bits per heavy atom. The van der Waals surface area contributed by atoms with Gasteiger partial charge in [0.2, 0.25) is 5.91 Å². The minimum atomic E-state index is -0.975. The van der Waals surface area contributed by atoms with Crippen LogP contribution in [-0.4, -0.2) is 80.9 Å². The van der Waals surface area contributed by atoms with E-state index in [2.05, 4.69) is 4.90 Å². The number of carbonyl (C=O) groups excluding carboxylic acids is 1. The van der Waals surface area contributed by atoms with Crippen LogP contribution in [-0.2, 0) is 21.4 Å². The molecule has 0 unspecified atom stereocenters. The maximum Gasteiger partial charge on any atom is 0.306 e. The number of rotatable bonds is 4. The Kier molecular flexibility index (Phi) is 4.84. The van der Waals surface area contributed by atoms with Crippen LogP contribution < -0.4 is 4.74 Å². The van der Waals surface area contributed by atoms with Crippen molar-refractivity contribution < 1.29 is 29.6 Å². The lowest BCUT2D eigenvalue weighted by molar-refractivity contribution is -0.174. The molecule has 1 aromatic rings. The average molecular weight is 495 g/mol. The molecule has 3 heterocycles. The predicted octanol–water partition coefficient (Wildman–Crippen LogP) is 2.21. The second-order valence-corrected chi connectivity index (χ2v) is 11.9. The maximum absolute atomic E-state index is 13.3. The summed E-state index contributed by atoms with van der Waals surface area (Å²) in [6, 6.07) is 3.70. The van der Waals surface area contributed by atoms with Gasteiger partial charge in [0.1, 0.15) is 6.10 Å². The van der Waals surface area contributed by atoms with Gasteiger partial charge in [0.05, 0.1) is 16.9 Å². The van der Waals surface area contributed by atoms with Crippen molar-refractivity contribution in [2.24, 2.45) is 11.8 Å². The van der Waals surface area contributed by atoms with E-state index in [0.717, 1.165) is 48.5 Å². The van der Waals surface area contributed by atoms with Crippen LogP contribution in [0.4, 0.5) is 0 Å². The van der Waals surface area contributed by atoms with Gasteiger partial charge < -0.3 is 25.0 Å². The molecule has 4 atom stereocenters. The summed E-state index contributed by atoms with van der Waals surface area (Å²) in [5.74, 6) is 0.0148. The molecule has 2 saturated carbocycles. The molecule has 8 nitrogen and oxygen atoms in total. The van der Waals surface area contributed by atoms with Gasteiger partial charge in [-0.2, -0.15) is 0 Å². The molecule has 1 amide bonds. The fraction of sp³-hybridized carbons (Fsp3) is 0.643. The first-order valence-corrected chi connectivity index (χ1v) is 13.5. The van der Waals surface area contributed by atoms with Gasteiger partial charge in [-0.1, -0.05) is 6.07 Å². The van der Waals surface area contributed by atoms with Crippen LogP contribution in [0.3, 0.4) is 0 Å². The number of aromatic hydroxyl groups is 1. The normalized spacial score (nSPS) is 36.5. The van der Waals surface area contributed by atoms with Gasteiger partial charge in [0.25, 0.3) is 0 Å². The van der Waals surface area contributed by atoms with Crippen LogP contribution in [0.25, 0.3) is 0 Å². The lowest BCUT2D eigenvalue weighted by Gasteiger charge is -2.63. The van der Waals surface area contributed by atoms with E-state index in [1.54, 1.807) is 17.0 Å². The monoisotopic (exact) mass is 494 g/mol.